The van der Waals surface area contributed by atoms with Crippen molar-refractivity contribution < 1.29 is 13.2 Å². The summed E-state index contributed by atoms with van der Waals surface area (Å²) in [5, 5.41) is 0.619. The Morgan fingerprint density at radius 2 is 1.95 bits per heavy atom. The van der Waals surface area contributed by atoms with Crippen molar-refractivity contribution >= 4 is 26.0 Å². The van der Waals surface area contributed by atoms with Crippen LogP contribution in [0.2, 0.25) is 0 Å². The third-order valence-corrected chi connectivity index (χ3v) is 4.75. The van der Waals surface area contributed by atoms with Crippen LogP contribution in [-0.2, 0) is 21.3 Å². The molecule has 0 aliphatic heterocycles. The van der Waals surface area contributed by atoms with Crippen molar-refractivity contribution in [3.05, 3.63) is 35.9 Å². The molecular formula is C13H20BrNO3S. The zero-order valence-electron chi connectivity index (χ0n) is 11.1. The van der Waals surface area contributed by atoms with E-state index in [4.69, 9.17) is 4.74 Å². The summed E-state index contributed by atoms with van der Waals surface area (Å²) in [6.07, 6.45) is 0. The number of ether oxygens (including phenoxy) is 1. The highest BCUT2D eigenvalue weighted by atomic mass is 79.9. The third kappa shape index (κ3) is 6.03. The number of benzene rings is 1. The van der Waals surface area contributed by atoms with E-state index in [1.54, 1.807) is 0 Å². The van der Waals surface area contributed by atoms with Gasteiger partial charge in [0.2, 0.25) is 10.0 Å². The highest BCUT2D eigenvalue weighted by molar-refractivity contribution is 9.09. The van der Waals surface area contributed by atoms with Crippen LogP contribution >= 0.6 is 15.9 Å². The zero-order valence-corrected chi connectivity index (χ0v) is 13.5. The van der Waals surface area contributed by atoms with E-state index in [9.17, 15) is 8.42 Å². The molecule has 0 bridgehead atoms. The van der Waals surface area contributed by atoms with Crippen LogP contribution in [-0.4, -0.2) is 43.6 Å². The van der Waals surface area contributed by atoms with Crippen LogP contribution in [0.4, 0.5) is 0 Å². The second-order valence-electron chi connectivity index (χ2n) is 4.02. The molecule has 0 saturated carbocycles. The fourth-order valence-corrected chi connectivity index (χ4v) is 3.60. The first-order chi connectivity index (χ1) is 9.10. The number of nitrogens with zero attached hydrogens (tertiary/aromatic N) is 1. The van der Waals surface area contributed by atoms with Crippen molar-refractivity contribution in [2.24, 2.45) is 0 Å². The van der Waals surface area contributed by atoms with Gasteiger partial charge in [-0.3, -0.25) is 0 Å². The maximum atomic E-state index is 12.2. The Hall–Kier alpha value is -0.430. The Morgan fingerprint density at radius 1 is 1.26 bits per heavy atom. The van der Waals surface area contributed by atoms with Gasteiger partial charge in [0.25, 0.3) is 0 Å². The first-order valence-corrected chi connectivity index (χ1v) is 8.98. The molecule has 1 rings (SSSR count). The predicted octanol–water partition coefficient (Wildman–Crippen LogP) is 2.25. The van der Waals surface area contributed by atoms with Crippen molar-refractivity contribution in [2.75, 3.05) is 30.8 Å². The molecule has 0 fully saturated rings. The average Bonchev–Trinajstić information content (AvgIpc) is 2.39. The molecule has 1 aromatic rings. The third-order valence-electron chi connectivity index (χ3n) is 2.62. The second-order valence-corrected chi connectivity index (χ2v) is 6.90. The molecule has 1 aromatic carbocycles. The van der Waals surface area contributed by atoms with Crippen LogP contribution in [0.15, 0.2) is 30.3 Å². The number of halogens is 1. The molecule has 0 aliphatic rings. The van der Waals surface area contributed by atoms with Gasteiger partial charge in [-0.05, 0) is 12.5 Å². The van der Waals surface area contributed by atoms with Gasteiger partial charge < -0.3 is 4.74 Å². The molecule has 19 heavy (non-hydrogen) atoms. The Morgan fingerprint density at radius 3 is 2.53 bits per heavy atom. The Bertz CT molecular complexity index is 450. The minimum absolute atomic E-state index is 0.0284. The molecule has 0 unspecified atom stereocenters. The highest BCUT2D eigenvalue weighted by Gasteiger charge is 2.21. The van der Waals surface area contributed by atoms with Gasteiger partial charge in [-0.2, -0.15) is 4.31 Å². The summed E-state index contributed by atoms with van der Waals surface area (Å²) in [4.78, 5) is 0. The van der Waals surface area contributed by atoms with Crippen LogP contribution < -0.4 is 0 Å². The van der Waals surface area contributed by atoms with E-state index >= 15 is 0 Å². The predicted molar refractivity (Wildman–Crippen MR) is 80.9 cm³/mol. The van der Waals surface area contributed by atoms with E-state index in [1.165, 1.54) is 4.31 Å². The van der Waals surface area contributed by atoms with Gasteiger partial charge in [0.05, 0.1) is 12.4 Å². The van der Waals surface area contributed by atoms with Gasteiger partial charge in [0.15, 0.2) is 0 Å². The molecule has 0 amide bonds. The Labute approximate surface area is 123 Å². The minimum Gasteiger partial charge on any atom is -0.381 e. The first-order valence-electron chi connectivity index (χ1n) is 6.25. The molecular weight excluding hydrogens is 330 g/mol. The molecule has 0 heterocycles. The fraction of sp³-hybridized carbons (Fsp3) is 0.538. The topological polar surface area (TPSA) is 46.6 Å². The highest BCUT2D eigenvalue weighted by Crippen LogP contribution is 2.10. The maximum Gasteiger partial charge on any atom is 0.216 e. The average molecular weight is 350 g/mol. The standard InChI is InChI=1S/C13H20BrNO3S/c1-2-18-10-11-19(16,17)15(9-8-14)12-13-6-4-3-5-7-13/h3-7H,2,8-12H2,1H3. The van der Waals surface area contributed by atoms with Gasteiger partial charge in [0, 0.05) is 25.0 Å². The van der Waals surface area contributed by atoms with E-state index in [0.717, 1.165) is 5.56 Å². The van der Waals surface area contributed by atoms with Gasteiger partial charge in [-0.25, -0.2) is 8.42 Å². The van der Waals surface area contributed by atoms with Crippen molar-refractivity contribution in [1.82, 2.24) is 4.31 Å². The lowest BCUT2D eigenvalue weighted by atomic mass is 10.2. The SMILES string of the molecule is CCOCCS(=O)(=O)N(CCBr)Cc1ccccc1. The molecule has 0 radical (unpaired) electrons. The summed E-state index contributed by atoms with van der Waals surface area (Å²) in [6, 6.07) is 9.60. The van der Waals surface area contributed by atoms with E-state index in [-0.39, 0.29) is 12.4 Å². The molecule has 0 aliphatic carbocycles. The maximum absolute atomic E-state index is 12.2. The van der Waals surface area contributed by atoms with E-state index < -0.39 is 10.0 Å². The van der Waals surface area contributed by atoms with E-state index in [1.807, 2.05) is 37.3 Å². The van der Waals surface area contributed by atoms with Gasteiger partial charge in [-0.1, -0.05) is 46.3 Å². The summed E-state index contributed by atoms with van der Waals surface area (Å²) < 4.78 is 31.1. The zero-order chi connectivity index (χ0) is 14.1. The summed E-state index contributed by atoms with van der Waals surface area (Å²) in [5.74, 6) is 0.0284. The number of alkyl halides is 1. The molecule has 0 atom stereocenters. The summed E-state index contributed by atoms with van der Waals surface area (Å²) >= 11 is 3.30. The van der Waals surface area contributed by atoms with E-state index in [2.05, 4.69) is 15.9 Å². The second kappa shape index (κ2) is 8.68. The van der Waals surface area contributed by atoms with Crippen molar-refractivity contribution in [3.8, 4) is 0 Å². The van der Waals surface area contributed by atoms with Crippen molar-refractivity contribution in [1.29, 1.82) is 0 Å². The summed E-state index contributed by atoms with van der Waals surface area (Å²) in [7, 11) is -3.28. The molecule has 4 nitrogen and oxygen atoms in total. The monoisotopic (exact) mass is 349 g/mol. The van der Waals surface area contributed by atoms with Gasteiger partial charge in [-0.15, -0.1) is 0 Å². The molecule has 108 valence electrons. The van der Waals surface area contributed by atoms with Crippen LogP contribution in [0.25, 0.3) is 0 Å². The molecule has 0 aromatic heterocycles. The van der Waals surface area contributed by atoms with E-state index in [0.29, 0.717) is 25.0 Å². The fourth-order valence-electron chi connectivity index (χ4n) is 1.64. The summed E-state index contributed by atoms with van der Waals surface area (Å²) in [6.45, 7) is 3.50. The molecule has 0 N–H and O–H groups in total. The van der Waals surface area contributed by atoms with Gasteiger partial charge in [0.1, 0.15) is 0 Å². The van der Waals surface area contributed by atoms with Crippen LogP contribution in [0.1, 0.15) is 12.5 Å². The normalized spacial score (nSPS) is 11.9. The lowest BCUT2D eigenvalue weighted by Gasteiger charge is -2.21. The molecule has 0 spiro atoms. The lowest BCUT2D eigenvalue weighted by Crippen LogP contribution is -2.35. The number of rotatable bonds is 9. The number of hydrogen-bond donors (Lipinski definition) is 0. The van der Waals surface area contributed by atoms with Gasteiger partial charge >= 0.3 is 0 Å². The number of sulfonamides is 1. The van der Waals surface area contributed by atoms with Crippen LogP contribution in [0.3, 0.4) is 0 Å². The van der Waals surface area contributed by atoms with Crippen molar-refractivity contribution in [3.63, 3.8) is 0 Å². The van der Waals surface area contributed by atoms with Crippen molar-refractivity contribution in [2.45, 2.75) is 13.5 Å². The largest absolute Gasteiger partial charge is 0.381 e. The quantitative estimate of drug-likeness (QED) is 0.507. The molecule has 0 saturated heterocycles. The Balaban J connectivity index is 2.70. The Kier molecular flexibility index (Phi) is 7.60. The summed E-state index contributed by atoms with van der Waals surface area (Å²) in [5.41, 5.74) is 0.989. The number of hydrogen-bond acceptors (Lipinski definition) is 3. The molecule has 6 heteroatoms. The lowest BCUT2D eigenvalue weighted by molar-refractivity contribution is 0.162. The minimum atomic E-state index is -3.28. The van der Waals surface area contributed by atoms with Crippen LogP contribution in [0, 0.1) is 0 Å². The smallest absolute Gasteiger partial charge is 0.216 e. The van der Waals surface area contributed by atoms with Crippen LogP contribution in [0.5, 0.6) is 0 Å². The first kappa shape index (κ1) is 16.6.